The molecule has 1 N–H and O–H groups in total. The zero-order valence-electron chi connectivity index (χ0n) is 14.4. The summed E-state index contributed by atoms with van der Waals surface area (Å²) in [5.41, 5.74) is 4.29. The number of hydrogen-bond donors (Lipinski definition) is 1. The first-order valence-electron chi connectivity index (χ1n) is 9.08. The number of aromatic nitrogens is 1. The van der Waals surface area contributed by atoms with Crippen LogP contribution in [-0.4, -0.2) is 53.4 Å². The largest absolute Gasteiger partial charge is 0.385 e. The van der Waals surface area contributed by atoms with Gasteiger partial charge >= 0.3 is 0 Å². The molecule has 5 nitrogen and oxygen atoms in total. The molecule has 0 bridgehead atoms. The lowest BCUT2D eigenvalue weighted by atomic mass is 9.96. The SMILES string of the molecule is O=C(c1cccc2c1CCCN2)N1CCN(Cc2ccccn2)CC1. The van der Waals surface area contributed by atoms with E-state index in [0.29, 0.717) is 0 Å². The molecule has 25 heavy (non-hydrogen) atoms. The van der Waals surface area contributed by atoms with Gasteiger partial charge in [-0.05, 0) is 42.7 Å². The number of rotatable bonds is 3. The van der Waals surface area contributed by atoms with E-state index in [1.807, 2.05) is 35.4 Å². The Balaban J connectivity index is 1.40. The third kappa shape index (κ3) is 3.51. The summed E-state index contributed by atoms with van der Waals surface area (Å²) in [5, 5.41) is 3.41. The molecular weight excluding hydrogens is 312 g/mol. The minimum Gasteiger partial charge on any atom is -0.385 e. The van der Waals surface area contributed by atoms with Crippen LogP contribution in [0.25, 0.3) is 0 Å². The Bertz CT molecular complexity index is 739. The quantitative estimate of drug-likeness (QED) is 0.935. The molecule has 0 saturated carbocycles. The number of carbonyl (C=O) groups excluding carboxylic acids is 1. The summed E-state index contributed by atoms with van der Waals surface area (Å²) >= 11 is 0. The number of nitrogens with one attached hydrogen (secondary N) is 1. The van der Waals surface area contributed by atoms with Crippen molar-refractivity contribution in [2.24, 2.45) is 0 Å². The van der Waals surface area contributed by atoms with Gasteiger partial charge in [-0.15, -0.1) is 0 Å². The molecule has 0 spiro atoms. The van der Waals surface area contributed by atoms with E-state index in [-0.39, 0.29) is 5.91 Å². The Morgan fingerprint density at radius 3 is 2.76 bits per heavy atom. The molecule has 1 amide bonds. The van der Waals surface area contributed by atoms with Crippen LogP contribution in [-0.2, 0) is 13.0 Å². The van der Waals surface area contributed by atoms with Gasteiger partial charge in [0.2, 0.25) is 0 Å². The summed E-state index contributed by atoms with van der Waals surface area (Å²) in [4.78, 5) is 21.8. The predicted octanol–water partition coefficient (Wildman–Crippen LogP) is 2.40. The normalized spacial score (nSPS) is 17.7. The molecule has 0 atom stereocenters. The van der Waals surface area contributed by atoms with E-state index in [1.54, 1.807) is 0 Å². The van der Waals surface area contributed by atoms with Crippen LogP contribution in [0.5, 0.6) is 0 Å². The first kappa shape index (κ1) is 16.1. The molecule has 2 aliphatic heterocycles. The second kappa shape index (κ2) is 7.23. The average molecular weight is 336 g/mol. The first-order valence-corrected chi connectivity index (χ1v) is 9.08. The van der Waals surface area contributed by atoms with Gasteiger partial charge in [0.05, 0.1) is 5.69 Å². The molecule has 3 heterocycles. The predicted molar refractivity (Wildman–Crippen MR) is 98.7 cm³/mol. The van der Waals surface area contributed by atoms with Gasteiger partial charge in [0.15, 0.2) is 0 Å². The van der Waals surface area contributed by atoms with Crippen molar-refractivity contribution in [3.8, 4) is 0 Å². The average Bonchev–Trinajstić information content (AvgIpc) is 2.68. The maximum absolute atomic E-state index is 13.0. The van der Waals surface area contributed by atoms with Gasteiger partial charge in [-0.3, -0.25) is 14.7 Å². The van der Waals surface area contributed by atoms with E-state index in [4.69, 9.17) is 0 Å². The summed E-state index contributed by atoms with van der Waals surface area (Å²) in [7, 11) is 0. The number of piperazine rings is 1. The highest BCUT2D eigenvalue weighted by atomic mass is 16.2. The number of carbonyl (C=O) groups is 1. The van der Waals surface area contributed by atoms with E-state index in [9.17, 15) is 4.79 Å². The van der Waals surface area contributed by atoms with Gasteiger partial charge in [0.1, 0.15) is 0 Å². The van der Waals surface area contributed by atoms with Crippen LogP contribution in [0.3, 0.4) is 0 Å². The lowest BCUT2D eigenvalue weighted by molar-refractivity contribution is 0.0626. The van der Waals surface area contributed by atoms with Gasteiger partial charge in [0, 0.05) is 56.7 Å². The third-order valence-electron chi connectivity index (χ3n) is 5.10. The zero-order valence-corrected chi connectivity index (χ0v) is 14.4. The number of hydrogen-bond acceptors (Lipinski definition) is 4. The number of fused-ring (bicyclic) bond motifs is 1. The standard InChI is InChI=1S/C20H24N4O/c25-20(18-6-3-8-19-17(18)7-4-10-22-19)24-13-11-23(12-14-24)15-16-5-1-2-9-21-16/h1-3,5-6,8-9,22H,4,7,10-15H2. The minimum atomic E-state index is 0.179. The van der Waals surface area contributed by atoms with Crippen molar-refractivity contribution in [2.45, 2.75) is 19.4 Å². The van der Waals surface area contributed by atoms with Crippen LogP contribution < -0.4 is 5.32 Å². The number of anilines is 1. The Morgan fingerprint density at radius 1 is 1.08 bits per heavy atom. The number of nitrogens with zero attached hydrogens (tertiary/aromatic N) is 3. The second-order valence-corrected chi connectivity index (χ2v) is 6.75. The van der Waals surface area contributed by atoms with Gasteiger partial charge in [-0.2, -0.15) is 0 Å². The molecular formula is C20H24N4O. The van der Waals surface area contributed by atoms with E-state index in [2.05, 4.69) is 27.3 Å². The van der Waals surface area contributed by atoms with Crippen molar-refractivity contribution >= 4 is 11.6 Å². The first-order chi connectivity index (χ1) is 12.3. The van der Waals surface area contributed by atoms with Crippen LogP contribution in [0, 0.1) is 0 Å². The van der Waals surface area contributed by atoms with E-state index in [1.165, 1.54) is 5.56 Å². The van der Waals surface area contributed by atoms with E-state index < -0.39 is 0 Å². The topological polar surface area (TPSA) is 48.5 Å². The molecule has 5 heteroatoms. The van der Waals surface area contributed by atoms with Gasteiger partial charge in [0.25, 0.3) is 5.91 Å². The summed E-state index contributed by atoms with van der Waals surface area (Å²) in [6.45, 7) is 5.21. The fourth-order valence-electron chi connectivity index (χ4n) is 3.71. The van der Waals surface area contributed by atoms with Crippen molar-refractivity contribution < 1.29 is 4.79 Å². The summed E-state index contributed by atoms with van der Waals surface area (Å²) in [6, 6.07) is 12.1. The number of benzene rings is 1. The number of amides is 1. The maximum Gasteiger partial charge on any atom is 0.254 e. The summed E-state index contributed by atoms with van der Waals surface area (Å²) in [5.74, 6) is 0.179. The van der Waals surface area contributed by atoms with Gasteiger partial charge < -0.3 is 10.2 Å². The van der Waals surface area contributed by atoms with Crippen molar-refractivity contribution in [2.75, 3.05) is 38.0 Å². The van der Waals surface area contributed by atoms with Gasteiger partial charge in [-0.1, -0.05) is 12.1 Å². The van der Waals surface area contributed by atoms with E-state index >= 15 is 0 Å². The Morgan fingerprint density at radius 2 is 1.96 bits per heavy atom. The molecule has 2 aromatic rings. The highest BCUT2D eigenvalue weighted by Crippen LogP contribution is 2.26. The van der Waals surface area contributed by atoms with Crippen molar-refractivity contribution in [3.63, 3.8) is 0 Å². The Labute approximate surface area is 148 Å². The maximum atomic E-state index is 13.0. The fourth-order valence-corrected chi connectivity index (χ4v) is 3.71. The zero-order chi connectivity index (χ0) is 17.1. The molecule has 0 unspecified atom stereocenters. The summed E-state index contributed by atoms with van der Waals surface area (Å²) in [6.07, 6.45) is 3.92. The molecule has 1 fully saturated rings. The van der Waals surface area contributed by atoms with Crippen molar-refractivity contribution in [3.05, 3.63) is 59.4 Å². The second-order valence-electron chi connectivity index (χ2n) is 6.75. The van der Waals surface area contributed by atoms with Crippen LogP contribution >= 0.6 is 0 Å². The Kier molecular flexibility index (Phi) is 4.65. The van der Waals surface area contributed by atoms with Crippen molar-refractivity contribution in [1.82, 2.24) is 14.8 Å². The molecule has 1 aromatic carbocycles. The fraction of sp³-hybridized carbons (Fsp3) is 0.400. The highest BCUT2D eigenvalue weighted by Gasteiger charge is 2.25. The third-order valence-corrected chi connectivity index (χ3v) is 5.10. The highest BCUT2D eigenvalue weighted by molar-refractivity contribution is 5.97. The molecule has 1 aromatic heterocycles. The molecule has 0 aliphatic carbocycles. The Hall–Kier alpha value is -2.40. The molecule has 4 rings (SSSR count). The van der Waals surface area contributed by atoms with Crippen LogP contribution in [0.2, 0.25) is 0 Å². The molecule has 0 radical (unpaired) electrons. The summed E-state index contributed by atoms with van der Waals surface area (Å²) < 4.78 is 0. The lowest BCUT2D eigenvalue weighted by Crippen LogP contribution is -2.48. The monoisotopic (exact) mass is 336 g/mol. The van der Waals surface area contributed by atoms with E-state index in [0.717, 1.165) is 69.1 Å². The van der Waals surface area contributed by atoms with Crippen LogP contribution in [0.4, 0.5) is 5.69 Å². The van der Waals surface area contributed by atoms with Crippen LogP contribution in [0.1, 0.15) is 28.0 Å². The molecule has 1 saturated heterocycles. The lowest BCUT2D eigenvalue weighted by Gasteiger charge is -2.35. The van der Waals surface area contributed by atoms with Crippen LogP contribution in [0.15, 0.2) is 42.6 Å². The van der Waals surface area contributed by atoms with Gasteiger partial charge in [-0.25, -0.2) is 0 Å². The number of pyridine rings is 1. The minimum absolute atomic E-state index is 0.179. The van der Waals surface area contributed by atoms with Crippen molar-refractivity contribution in [1.29, 1.82) is 0 Å². The molecule has 130 valence electrons. The smallest absolute Gasteiger partial charge is 0.254 e. The molecule has 2 aliphatic rings.